The Balaban J connectivity index is 1.99. The lowest BCUT2D eigenvalue weighted by atomic mass is 9.84. The molecule has 1 aromatic carbocycles. The van der Waals surface area contributed by atoms with Crippen molar-refractivity contribution in [2.45, 2.75) is 32.7 Å². The third-order valence-corrected chi connectivity index (χ3v) is 4.17. The summed E-state index contributed by atoms with van der Waals surface area (Å²) < 4.78 is 1.85. The Morgan fingerprint density at radius 2 is 1.90 bits per heavy atom. The maximum absolute atomic E-state index is 6.26. The van der Waals surface area contributed by atoms with Crippen LogP contribution in [0.1, 0.15) is 30.8 Å². The Morgan fingerprint density at radius 1 is 1.25 bits per heavy atom. The van der Waals surface area contributed by atoms with Crippen molar-refractivity contribution in [3.8, 4) is 0 Å². The fourth-order valence-electron chi connectivity index (χ4n) is 2.36. The van der Waals surface area contributed by atoms with Crippen LogP contribution in [0.3, 0.4) is 0 Å². The van der Waals surface area contributed by atoms with E-state index >= 15 is 0 Å². The number of rotatable bonds is 5. The lowest BCUT2D eigenvalue weighted by Crippen LogP contribution is -2.33. The van der Waals surface area contributed by atoms with Crippen molar-refractivity contribution in [1.29, 1.82) is 0 Å². The third-order valence-electron chi connectivity index (χ3n) is 3.68. The van der Waals surface area contributed by atoms with Gasteiger partial charge in [0, 0.05) is 25.6 Å². The van der Waals surface area contributed by atoms with Crippen molar-refractivity contribution < 1.29 is 0 Å². The zero-order valence-corrected chi connectivity index (χ0v) is 13.3. The number of hydrogen-bond acceptors (Lipinski definition) is 2. The van der Waals surface area contributed by atoms with E-state index in [4.69, 9.17) is 11.6 Å². The molecule has 0 saturated carbocycles. The fraction of sp³-hybridized carbons (Fsp3) is 0.438. The second kappa shape index (κ2) is 5.98. The van der Waals surface area contributed by atoms with Crippen LogP contribution < -0.4 is 5.32 Å². The summed E-state index contributed by atoms with van der Waals surface area (Å²) in [6.07, 6.45) is 0. The van der Waals surface area contributed by atoms with Gasteiger partial charge in [0.15, 0.2) is 0 Å². The van der Waals surface area contributed by atoms with Crippen LogP contribution in [0.25, 0.3) is 0 Å². The first kappa shape index (κ1) is 15.1. The SMILES string of the molecule is Cc1nn(C)c(CNCC(C)(C)c2ccccc2)c1Cl. The van der Waals surface area contributed by atoms with Gasteiger partial charge in [-0.2, -0.15) is 5.10 Å². The molecule has 1 aromatic heterocycles. The average Bonchev–Trinajstić information content (AvgIpc) is 2.66. The van der Waals surface area contributed by atoms with Crippen molar-refractivity contribution >= 4 is 11.6 Å². The molecular weight excluding hydrogens is 270 g/mol. The maximum atomic E-state index is 6.26. The van der Waals surface area contributed by atoms with Crippen molar-refractivity contribution in [2.75, 3.05) is 6.54 Å². The maximum Gasteiger partial charge on any atom is 0.0860 e. The van der Waals surface area contributed by atoms with E-state index < -0.39 is 0 Å². The first-order chi connectivity index (χ1) is 9.42. The van der Waals surface area contributed by atoms with E-state index in [1.165, 1.54) is 5.56 Å². The second-order valence-corrected chi connectivity index (χ2v) is 6.20. The standard InChI is InChI=1S/C16H22ClN3/c1-12-15(17)14(20(4)19-12)10-18-11-16(2,3)13-8-6-5-7-9-13/h5-9,18H,10-11H2,1-4H3. The number of nitrogens with zero attached hydrogens (tertiary/aromatic N) is 2. The minimum Gasteiger partial charge on any atom is -0.310 e. The van der Waals surface area contributed by atoms with E-state index in [0.717, 1.165) is 29.5 Å². The molecule has 0 radical (unpaired) electrons. The van der Waals surface area contributed by atoms with Gasteiger partial charge in [-0.15, -0.1) is 0 Å². The lowest BCUT2D eigenvalue weighted by molar-refractivity contribution is 0.462. The zero-order valence-electron chi connectivity index (χ0n) is 12.6. The van der Waals surface area contributed by atoms with Crippen LogP contribution in [0.2, 0.25) is 5.02 Å². The van der Waals surface area contributed by atoms with E-state index in [-0.39, 0.29) is 5.41 Å². The number of halogens is 1. The molecule has 0 bridgehead atoms. The van der Waals surface area contributed by atoms with Crippen LogP contribution in [-0.2, 0) is 19.0 Å². The van der Waals surface area contributed by atoms with Crippen molar-refractivity contribution in [2.24, 2.45) is 7.05 Å². The molecule has 0 unspecified atom stereocenters. The Kier molecular flexibility index (Phi) is 4.51. The number of nitrogens with one attached hydrogen (secondary N) is 1. The van der Waals surface area contributed by atoms with E-state index in [1.807, 2.05) is 24.7 Å². The summed E-state index contributed by atoms with van der Waals surface area (Å²) in [5.74, 6) is 0. The quantitative estimate of drug-likeness (QED) is 0.914. The molecule has 0 spiro atoms. The van der Waals surface area contributed by atoms with Gasteiger partial charge in [-0.05, 0) is 12.5 Å². The molecule has 20 heavy (non-hydrogen) atoms. The Morgan fingerprint density at radius 3 is 2.45 bits per heavy atom. The Bertz CT molecular complexity index is 573. The molecule has 0 aliphatic heterocycles. The van der Waals surface area contributed by atoms with Crippen LogP contribution in [0, 0.1) is 6.92 Å². The highest BCUT2D eigenvalue weighted by Crippen LogP contribution is 2.23. The molecule has 0 aliphatic rings. The van der Waals surface area contributed by atoms with Crippen molar-refractivity contribution in [3.05, 3.63) is 52.3 Å². The zero-order chi connectivity index (χ0) is 14.8. The third kappa shape index (κ3) is 3.22. The average molecular weight is 292 g/mol. The van der Waals surface area contributed by atoms with Crippen molar-refractivity contribution in [1.82, 2.24) is 15.1 Å². The molecule has 1 heterocycles. The summed E-state index contributed by atoms with van der Waals surface area (Å²) in [4.78, 5) is 0. The first-order valence-electron chi connectivity index (χ1n) is 6.86. The molecule has 4 heteroatoms. The van der Waals surface area contributed by atoms with Crippen LogP contribution in [0.4, 0.5) is 0 Å². The molecule has 0 amide bonds. The highest BCUT2D eigenvalue weighted by Gasteiger charge is 2.20. The molecule has 2 rings (SSSR count). The minimum absolute atomic E-state index is 0.0847. The van der Waals surface area contributed by atoms with Gasteiger partial charge in [-0.1, -0.05) is 55.8 Å². The van der Waals surface area contributed by atoms with E-state index in [9.17, 15) is 0 Å². The molecule has 1 N–H and O–H groups in total. The summed E-state index contributed by atoms with van der Waals surface area (Å²) >= 11 is 6.26. The van der Waals surface area contributed by atoms with Gasteiger partial charge in [-0.25, -0.2) is 0 Å². The fourth-order valence-corrected chi connectivity index (χ4v) is 2.58. The largest absolute Gasteiger partial charge is 0.310 e. The van der Waals surface area contributed by atoms with Gasteiger partial charge in [0.05, 0.1) is 16.4 Å². The summed E-state index contributed by atoms with van der Waals surface area (Å²) in [6.45, 7) is 8.03. The normalized spacial score (nSPS) is 11.8. The number of aryl methyl sites for hydroxylation is 2. The highest BCUT2D eigenvalue weighted by atomic mass is 35.5. The van der Waals surface area contributed by atoms with Crippen molar-refractivity contribution in [3.63, 3.8) is 0 Å². The minimum atomic E-state index is 0.0847. The van der Waals surface area contributed by atoms with Gasteiger partial charge in [0.25, 0.3) is 0 Å². The number of benzene rings is 1. The smallest absolute Gasteiger partial charge is 0.0860 e. The van der Waals surface area contributed by atoms with Gasteiger partial charge in [0.1, 0.15) is 0 Å². The molecule has 2 aromatic rings. The van der Waals surface area contributed by atoms with E-state index in [1.54, 1.807) is 0 Å². The molecule has 3 nitrogen and oxygen atoms in total. The lowest BCUT2D eigenvalue weighted by Gasteiger charge is -2.25. The number of hydrogen-bond donors (Lipinski definition) is 1. The van der Waals surface area contributed by atoms with Gasteiger partial charge in [-0.3, -0.25) is 4.68 Å². The molecule has 0 aliphatic carbocycles. The van der Waals surface area contributed by atoms with Crippen LogP contribution in [0.5, 0.6) is 0 Å². The predicted octanol–water partition coefficient (Wildman–Crippen LogP) is 3.45. The molecule has 0 atom stereocenters. The van der Waals surface area contributed by atoms with Gasteiger partial charge in [0.2, 0.25) is 0 Å². The monoisotopic (exact) mass is 291 g/mol. The summed E-state index contributed by atoms with van der Waals surface area (Å²) in [5, 5.41) is 8.58. The van der Waals surface area contributed by atoms with Crippen LogP contribution in [0.15, 0.2) is 30.3 Å². The molecule has 0 fully saturated rings. The van der Waals surface area contributed by atoms with E-state index in [0.29, 0.717) is 0 Å². The number of aromatic nitrogens is 2. The van der Waals surface area contributed by atoms with E-state index in [2.05, 4.69) is 48.5 Å². The van der Waals surface area contributed by atoms with Crippen LogP contribution in [-0.4, -0.2) is 16.3 Å². The topological polar surface area (TPSA) is 29.9 Å². The Labute approximate surface area is 126 Å². The molecular formula is C16H22ClN3. The molecule has 108 valence electrons. The second-order valence-electron chi connectivity index (χ2n) is 5.82. The summed E-state index contributed by atoms with van der Waals surface area (Å²) in [6, 6.07) is 10.5. The summed E-state index contributed by atoms with van der Waals surface area (Å²) in [5.41, 5.74) is 3.34. The highest BCUT2D eigenvalue weighted by molar-refractivity contribution is 6.31. The Hall–Kier alpha value is -1.32. The van der Waals surface area contributed by atoms with Crippen LogP contribution >= 0.6 is 11.6 Å². The first-order valence-corrected chi connectivity index (χ1v) is 7.24. The van der Waals surface area contributed by atoms with Gasteiger partial charge >= 0.3 is 0 Å². The van der Waals surface area contributed by atoms with Gasteiger partial charge < -0.3 is 5.32 Å². The molecule has 0 saturated heterocycles. The predicted molar refractivity (Wildman–Crippen MR) is 84.1 cm³/mol. The summed E-state index contributed by atoms with van der Waals surface area (Å²) in [7, 11) is 1.93.